The van der Waals surface area contributed by atoms with Gasteiger partial charge in [0.05, 0.1) is 7.11 Å². The van der Waals surface area contributed by atoms with Crippen molar-refractivity contribution in [2.24, 2.45) is 0 Å². The van der Waals surface area contributed by atoms with Crippen molar-refractivity contribution in [1.29, 1.82) is 0 Å². The number of ether oxygens (including phenoxy) is 1. The van der Waals surface area contributed by atoms with Crippen LogP contribution in [0.25, 0.3) is 0 Å². The first-order valence-corrected chi connectivity index (χ1v) is 3.68. The summed E-state index contributed by atoms with van der Waals surface area (Å²) in [4.78, 5) is 10.7. The maximum atomic E-state index is 10.7. The van der Waals surface area contributed by atoms with Crippen LogP contribution in [-0.2, 0) is 20.6 Å². The number of hydrogen-bond acceptors (Lipinski definition) is 4. The molecule has 0 rings (SSSR count). The molecule has 60 valence electrons. The van der Waals surface area contributed by atoms with E-state index in [1.54, 1.807) is 0 Å². The molecule has 0 radical (unpaired) electrons. The zero-order valence-electron chi connectivity index (χ0n) is 7.04. The van der Waals surface area contributed by atoms with Gasteiger partial charge in [0.15, 0.2) is 0 Å². The number of rotatable bonds is 2. The molecule has 0 aromatic rings. The van der Waals surface area contributed by atoms with Crippen LogP contribution in [0.1, 0.15) is 13.8 Å². The Morgan fingerprint density at radius 2 is 1.91 bits per heavy atom. The van der Waals surface area contributed by atoms with Gasteiger partial charge in [-0.05, 0) is 24.9 Å². The van der Waals surface area contributed by atoms with Crippen molar-refractivity contribution < 1.29 is 47.9 Å². The van der Waals surface area contributed by atoms with Crippen molar-refractivity contribution in [2.45, 2.75) is 18.6 Å². The number of methoxy groups -OCH3 is 1. The van der Waals surface area contributed by atoms with E-state index in [4.69, 9.17) is 0 Å². The summed E-state index contributed by atoms with van der Waals surface area (Å²) in [6.45, 7) is 2.56. The summed E-state index contributed by atoms with van der Waals surface area (Å²) in [5.41, 5.74) is 0. The third-order valence-electron chi connectivity index (χ3n) is 1.09. The Labute approximate surface area is 90.3 Å². The SMILES string of the molecule is COC(=O)C(C)(C)S(=O)[O-].[Na+]. The fourth-order valence-electron chi connectivity index (χ4n) is 0.314. The summed E-state index contributed by atoms with van der Waals surface area (Å²) in [6, 6.07) is 0. The largest absolute Gasteiger partial charge is 1.00 e. The molecule has 0 spiro atoms. The van der Waals surface area contributed by atoms with E-state index in [1.807, 2.05) is 0 Å². The van der Waals surface area contributed by atoms with Gasteiger partial charge in [0.1, 0.15) is 4.75 Å². The van der Waals surface area contributed by atoms with Gasteiger partial charge < -0.3 is 9.29 Å². The molecule has 11 heavy (non-hydrogen) atoms. The van der Waals surface area contributed by atoms with Gasteiger partial charge in [-0.2, -0.15) is 0 Å². The van der Waals surface area contributed by atoms with Crippen molar-refractivity contribution >= 4 is 17.0 Å². The van der Waals surface area contributed by atoms with E-state index in [1.165, 1.54) is 13.8 Å². The van der Waals surface area contributed by atoms with Gasteiger partial charge in [0.25, 0.3) is 0 Å². The molecular formula is C5H9NaO4S. The molecule has 0 amide bonds. The Hall–Kier alpha value is 0.580. The molecule has 0 heterocycles. The van der Waals surface area contributed by atoms with Crippen molar-refractivity contribution in [3.05, 3.63) is 0 Å². The average molecular weight is 188 g/mol. The van der Waals surface area contributed by atoms with Crippen molar-refractivity contribution in [1.82, 2.24) is 0 Å². The first-order valence-electron chi connectivity index (χ1n) is 2.60. The molecule has 0 bridgehead atoms. The minimum atomic E-state index is -2.43. The van der Waals surface area contributed by atoms with Gasteiger partial charge in [0, 0.05) is 0 Å². The normalized spacial score (nSPS) is 13.1. The van der Waals surface area contributed by atoms with Gasteiger partial charge in [-0.25, -0.2) is 0 Å². The van der Waals surface area contributed by atoms with E-state index in [9.17, 15) is 13.6 Å². The maximum absolute atomic E-state index is 10.7. The number of carbonyl (C=O) groups excluding carboxylic acids is 1. The standard InChI is InChI=1S/C5H10O4S.Na/c1-5(2,10(7)8)4(6)9-3;/h1-3H3,(H,7,8);/q;+1/p-1. The summed E-state index contributed by atoms with van der Waals surface area (Å²) < 4.78 is 23.4. The summed E-state index contributed by atoms with van der Waals surface area (Å²) in [6.07, 6.45) is 0. The van der Waals surface area contributed by atoms with Gasteiger partial charge in [-0.15, -0.1) is 0 Å². The van der Waals surface area contributed by atoms with Crippen LogP contribution >= 0.6 is 0 Å². The molecule has 0 saturated heterocycles. The topological polar surface area (TPSA) is 66.4 Å². The smallest absolute Gasteiger partial charge is 0.771 e. The molecule has 0 aliphatic rings. The quantitative estimate of drug-likeness (QED) is 0.260. The second-order valence-corrected chi connectivity index (χ2v) is 3.73. The van der Waals surface area contributed by atoms with Crippen molar-refractivity contribution in [3.8, 4) is 0 Å². The molecule has 0 aliphatic heterocycles. The second-order valence-electron chi connectivity index (χ2n) is 2.24. The molecule has 0 aliphatic carbocycles. The molecule has 6 heteroatoms. The van der Waals surface area contributed by atoms with E-state index in [2.05, 4.69) is 4.74 Å². The zero-order chi connectivity index (χ0) is 8.36. The van der Waals surface area contributed by atoms with Crippen LogP contribution in [0, 0.1) is 0 Å². The maximum Gasteiger partial charge on any atom is 1.00 e. The summed E-state index contributed by atoms with van der Waals surface area (Å²) in [5, 5.41) is 0. The van der Waals surface area contributed by atoms with Gasteiger partial charge in [0.2, 0.25) is 0 Å². The van der Waals surface area contributed by atoms with Crippen LogP contribution in [0.3, 0.4) is 0 Å². The third-order valence-corrected chi connectivity index (χ3v) is 2.09. The fraction of sp³-hybridized carbons (Fsp3) is 0.800. The van der Waals surface area contributed by atoms with Gasteiger partial charge in [-0.1, -0.05) is 0 Å². The van der Waals surface area contributed by atoms with E-state index < -0.39 is 21.8 Å². The first-order chi connectivity index (χ1) is 4.42. The average Bonchev–Trinajstić information content (AvgIpc) is 1.86. The van der Waals surface area contributed by atoms with E-state index in [0.29, 0.717) is 0 Å². The molecule has 0 saturated carbocycles. The van der Waals surface area contributed by atoms with Crippen LogP contribution in [0.5, 0.6) is 0 Å². The van der Waals surface area contributed by atoms with E-state index in [-0.39, 0.29) is 29.6 Å². The van der Waals surface area contributed by atoms with Crippen molar-refractivity contribution in [3.63, 3.8) is 0 Å². The predicted octanol–water partition coefficient (Wildman–Crippen LogP) is -3.18. The van der Waals surface area contributed by atoms with Crippen LogP contribution in [0.4, 0.5) is 0 Å². The van der Waals surface area contributed by atoms with E-state index in [0.717, 1.165) is 7.11 Å². The van der Waals surface area contributed by atoms with Crippen LogP contribution in [0.15, 0.2) is 0 Å². The van der Waals surface area contributed by atoms with Crippen LogP contribution in [0.2, 0.25) is 0 Å². The van der Waals surface area contributed by atoms with Gasteiger partial charge >= 0.3 is 35.5 Å². The fourth-order valence-corrected chi connectivity index (χ4v) is 0.533. The summed E-state index contributed by atoms with van der Waals surface area (Å²) in [5.74, 6) is -0.749. The zero-order valence-corrected chi connectivity index (χ0v) is 9.86. The first kappa shape index (κ1) is 14.1. The predicted molar refractivity (Wildman–Crippen MR) is 35.0 cm³/mol. The minimum Gasteiger partial charge on any atom is -0.771 e. The molecule has 1 atom stereocenters. The molecule has 0 aromatic carbocycles. The Morgan fingerprint density at radius 3 is 2.00 bits per heavy atom. The molecule has 0 N–H and O–H groups in total. The molecule has 0 fully saturated rings. The Morgan fingerprint density at radius 1 is 1.55 bits per heavy atom. The Balaban J connectivity index is 0. The molecule has 4 nitrogen and oxygen atoms in total. The summed E-state index contributed by atoms with van der Waals surface area (Å²) in [7, 11) is 1.15. The number of esters is 1. The molecular weight excluding hydrogens is 179 g/mol. The number of carbonyl (C=O) groups is 1. The number of hydrogen-bond donors (Lipinski definition) is 0. The minimum absolute atomic E-state index is 0. The summed E-state index contributed by atoms with van der Waals surface area (Å²) >= 11 is -2.43. The second kappa shape index (κ2) is 5.27. The van der Waals surface area contributed by atoms with Crippen LogP contribution in [-0.4, -0.2) is 26.6 Å². The third kappa shape index (κ3) is 3.66. The molecule has 1 unspecified atom stereocenters. The van der Waals surface area contributed by atoms with Gasteiger partial charge in [-0.3, -0.25) is 9.00 Å². The monoisotopic (exact) mass is 188 g/mol. The van der Waals surface area contributed by atoms with Crippen molar-refractivity contribution in [2.75, 3.05) is 7.11 Å². The Bertz CT molecular complexity index is 168. The molecule has 0 aromatic heterocycles. The van der Waals surface area contributed by atoms with Crippen LogP contribution < -0.4 is 29.6 Å². The van der Waals surface area contributed by atoms with E-state index >= 15 is 0 Å². The Kier molecular flexibility index (Phi) is 6.76.